The van der Waals surface area contributed by atoms with Crippen LogP contribution in [0.3, 0.4) is 0 Å². The van der Waals surface area contributed by atoms with E-state index in [9.17, 15) is 0 Å². The fraction of sp³-hybridized carbons (Fsp3) is 0.402. The predicted octanol–water partition coefficient (Wildman–Crippen LogP) is 29.3. The number of aryl methyl sites for hydroxylation is 8. The Morgan fingerprint density at radius 1 is 0.215 bits per heavy atom. The summed E-state index contributed by atoms with van der Waals surface area (Å²) in [5.74, 6) is 12.3. The third kappa shape index (κ3) is 24.5. The molecule has 0 aliphatic carbocycles. The standard InChI is InChI=1S/C107H128/c1-13-25-33-41-49-94-82-102(98(78-90(94)24-12)50-42-34-26-14-2)66-54-86-61-73-106(74-62-86)107(103-67-55-83(56-68-103)51-63-99-79-91(43-35-27-15-3)87(21-9)75-95(99)46-38-30-18-6,104-69-57-84(58-70-104)52-64-100-80-92(44-36-28-16-4)88(22-10)76-96(100)47-39-31-19-7)105-71-59-85(60-72-105)53-65-101-81-93(45-37-29-17-5)89(23-11)77-97(101)48-40-32-20-8/h9-12,51-82H,13-20,25-50H2,1-8H3. The predicted molar refractivity (Wildman–Crippen MR) is 473 cm³/mol. The molecule has 0 heteroatoms. The zero-order chi connectivity index (χ0) is 75.9. The van der Waals surface area contributed by atoms with Crippen LogP contribution in [0.15, 0.2) is 146 Å². The minimum atomic E-state index is -0.751. The summed E-state index contributed by atoms with van der Waals surface area (Å²) in [6.45, 7) is 18.2. The van der Waals surface area contributed by atoms with Crippen LogP contribution in [0.1, 0.15) is 356 Å². The highest BCUT2D eigenvalue weighted by atomic mass is 14.4. The van der Waals surface area contributed by atoms with Crippen molar-refractivity contribution in [1.82, 2.24) is 0 Å². The number of terminal acetylenes is 4. The van der Waals surface area contributed by atoms with Crippen LogP contribution in [0.2, 0.25) is 0 Å². The van der Waals surface area contributed by atoms with Gasteiger partial charge in [0.15, 0.2) is 0 Å². The van der Waals surface area contributed by atoms with Gasteiger partial charge in [-0.1, -0.05) is 365 Å². The average Bonchev–Trinajstić information content (AvgIpc) is 0.731. The van der Waals surface area contributed by atoms with E-state index >= 15 is 0 Å². The molecule has 0 amide bonds. The van der Waals surface area contributed by atoms with Crippen LogP contribution in [0.5, 0.6) is 0 Å². The minimum Gasteiger partial charge on any atom is -0.115 e. The molecule has 0 heterocycles. The molecule has 107 heavy (non-hydrogen) atoms. The Hall–Kier alpha value is -9.04. The van der Waals surface area contributed by atoms with E-state index in [0.29, 0.717) is 0 Å². The van der Waals surface area contributed by atoms with Gasteiger partial charge in [-0.05, 0) is 238 Å². The molecule has 0 unspecified atom stereocenters. The molecule has 0 spiro atoms. The normalized spacial score (nSPS) is 12.1. The first-order chi connectivity index (χ1) is 52.5. The second-order valence-corrected chi connectivity index (χ2v) is 30.3. The summed E-state index contributed by atoms with van der Waals surface area (Å²) in [6, 6.07) is 56.8. The van der Waals surface area contributed by atoms with Crippen LogP contribution in [0.25, 0.3) is 48.6 Å². The topological polar surface area (TPSA) is 0 Å². The van der Waals surface area contributed by atoms with E-state index in [1.165, 1.54) is 205 Å². The average molecular weight is 1410 g/mol. The number of rotatable bonds is 46. The fourth-order valence-corrected chi connectivity index (χ4v) is 15.7. The lowest BCUT2D eigenvalue weighted by Gasteiger charge is -2.37. The Kier molecular flexibility index (Phi) is 36.1. The lowest BCUT2D eigenvalue weighted by Crippen LogP contribution is -2.31. The van der Waals surface area contributed by atoms with Gasteiger partial charge in [-0.3, -0.25) is 0 Å². The SMILES string of the molecule is C#Cc1cc(CCCCC)c(C=Cc2ccc(C(c3ccc(C=Cc4cc(CCCCC)c(C#C)cc4CCCCC)cc3)(c3ccc(C=Cc4cc(CCCCC)c(C#C)cc4CCCCC)cc3)c3ccc(C=Cc4cc(CCCCCC)c(C#C)cc4CCCCCC)cc3)cc2)cc1CCCCC. The van der Waals surface area contributed by atoms with Gasteiger partial charge in [-0.2, -0.15) is 0 Å². The van der Waals surface area contributed by atoms with E-state index in [1.54, 1.807) is 0 Å². The second kappa shape index (κ2) is 46.2. The van der Waals surface area contributed by atoms with E-state index < -0.39 is 5.41 Å². The Morgan fingerprint density at radius 3 is 0.579 bits per heavy atom. The quantitative estimate of drug-likeness (QED) is 0.0154. The molecule has 0 saturated carbocycles. The molecule has 0 N–H and O–H groups in total. The molecule has 0 saturated heterocycles. The molecule has 8 aromatic rings. The molecule has 556 valence electrons. The Labute approximate surface area is 652 Å². The molecule has 8 aromatic carbocycles. The van der Waals surface area contributed by atoms with Crippen molar-refractivity contribution in [2.45, 2.75) is 279 Å². The molecule has 0 radical (unpaired) electrons. The van der Waals surface area contributed by atoms with E-state index in [-0.39, 0.29) is 0 Å². The maximum absolute atomic E-state index is 6.30. The maximum atomic E-state index is 6.30. The Balaban J connectivity index is 1.32. The number of hydrogen-bond acceptors (Lipinski definition) is 0. The first-order valence-corrected chi connectivity index (χ1v) is 42.2. The summed E-state index contributed by atoms with van der Waals surface area (Å²) >= 11 is 0. The van der Waals surface area contributed by atoms with Crippen molar-refractivity contribution < 1.29 is 0 Å². The highest BCUT2D eigenvalue weighted by Gasteiger charge is 2.38. The van der Waals surface area contributed by atoms with Crippen molar-refractivity contribution in [3.05, 3.63) is 279 Å². The summed E-state index contributed by atoms with van der Waals surface area (Å²) in [7, 11) is 0. The zero-order valence-corrected chi connectivity index (χ0v) is 67.3. The maximum Gasteiger partial charge on any atom is 0.0701 e. The van der Waals surface area contributed by atoms with Gasteiger partial charge in [0, 0.05) is 22.3 Å². The lowest BCUT2D eigenvalue weighted by atomic mass is 9.64. The molecule has 0 atom stereocenters. The molecular weight excluding hydrogens is 1290 g/mol. The summed E-state index contributed by atoms with van der Waals surface area (Å²) < 4.78 is 0. The third-order valence-electron chi connectivity index (χ3n) is 22.2. The van der Waals surface area contributed by atoms with Crippen LogP contribution in [0, 0.1) is 49.4 Å². The van der Waals surface area contributed by atoms with E-state index in [1.807, 2.05) is 0 Å². The molecule has 0 aliphatic rings. The van der Waals surface area contributed by atoms with Gasteiger partial charge in [0.05, 0.1) is 5.41 Å². The Bertz CT molecular complexity index is 3990. The Morgan fingerprint density at radius 2 is 0.393 bits per heavy atom. The minimum absolute atomic E-state index is 0.751. The van der Waals surface area contributed by atoms with Gasteiger partial charge in [-0.15, -0.1) is 25.7 Å². The van der Waals surface area contributed by atoms with Crippen LogP contribution in [-0.4, -0.2) is 0 Å². The summed E-state index contributed by atoms with van der Waals surface area (Å²) in [5, 5.41) is 0. The number of unbranched alkanes of at least 4 members (excludes halogenated alkanes) is 18. The summed E-state index contributed by atoms with van der Waals surface area (Å²) in [4.78, 5) is 0. The van der Waals surface area contributed by atoms with Gasteiger partial charge < -0.3 is 0 Å². The molecule has 0 aromatic heterocycles. The van der Waals surface area contributed by atoms with Gasteiger partial charge in [0.25, 0.3) is 0 Å². The molecule has 0 bridgehead atoms. The lowest BCUT2D eigenvalue weighted by molar-refractivity contribution is 0.662. The molecule has 0 aliphatic heterocycles. The zero-order valence-electron chi connectivity index (χ0n) is 67.3. The number of hydrogen-bond donors (Lipinski definition) is 0. The van der Waals surface area contributed by atoms with Crippen LogP contribution in [-0.2, 0) is 56.8 Å². The first kappa shape index (κ1) is 83.6. The highest BCUT2D eigenvalue weighted by Crippen LogP contribution is 2.46. The van der Waals surface area contributed by atoms with Crippen molar-refractivity contribution in [3.63, 3.8) is 0 Å². The molecule has 0 nitrogen and oxygen atoms in total. The van der Waals surface area contributed by atoms with Crippen LogP contribution < -0.4 is 0 Å². The summed E-state index contributed by atoms with van der Waals surface area (Å²) in [5.41, 5.74) is 28.4. The van der Waals surface area contributed by atoms with Gasteiger partial charge in [0.2, 0.25) is 0 Å². The van der Waals surface area contributed by atoms with Crippen molar-refractivity contribution in [2.24, 2.45) is 0 Å². The smallest absolute Gasteiger partial charge is 0.0701 e. The van der Waals surface area contributed by atoms with Gasteiger partial charge >= 0.3 is 0 Å². The monoisotopic (exact) mass is 1410 g/mol. The van der Waals surface area contributed by atoms with Crippen molar-refractivity contribution in [2.75, 3.05) is 0 Å². The highest BCUT2D eigenvalue weighted by molar-refractivity contribution is 5.78. The van der Waals surface area contributed by atoms with E-state index in [4.69, 9.17) is 25.7 Å². The van der Waals surface area contributed by atoms with Crippen LogP contribution in [0.4, 0.5) is 0 Å². The van der Waals surface area contributed by atoms with E-state index in [0.717, 1.165) is 147 Å². The summed E-state index contributed by atoms with van der Waals surface area (Å²) in [6.07, 6.45) is 82.5. The first-order valence-electron chi connectivity index (χ1n) is 42.2. The molecule has 8 rings (SSSR count). The fourth-order valence-electron chi connectivity index (χ4n) is 15.7. The largest absolute Gasteiger partial charge is 0.115 e. The molecule has 0 fully saturated rings. The van der Waals surface area contributed by atoms with Crippen molar-refractivity contribution in [1.29, 1.82) is 0 Å². The van der Waals surface area contributed by atoms with Gasteiger partial charge in [-0.25, -0.2) is 0 Å². The number of benzene rings is 8. The van der Waals surface area contributed by atoms with Crippen molar-refractivity contribution >= 4 is 48.6 Å². The second-order valence-electron chi connectivity index (χ2n) is 30.3. The molecular formula is C107H128. The van der Waals surface area contributed by atoms with Crippen LogP contribution >= 0.6 is 0 Å². The van der Waals surface area contributed by atoms with E-state index in [2.05, 4.69) is 273 Å². The van der Waals surface area contributed by atoms with Crippen molar-refractivity contribution in [3.8, 4) is 49.4 Å². The third-order valence-corrected chi connectivity index (χ3v) is 22.2. The van der Waals surface area contributed by atoms with Gasteiger partial charge in [0.1, 0.15) is 0 Å².